The summed E-state index contributed by atoms with van der Waals surface area (Å²) in [5, 5.41) is 6.39. The van der Waals surface area contributed by atoms with Gasteiger partial charge in [-0.05, 0) is 25.3 Å². The highest BCUT2D eigenvalue weighted by atomic mass is 16.5. The molecule has 26 heavy (non-hydrogen) atoms. The fourth-order valence-corrected chi connectivity index (χ4v) is 2.67. The number of ether oxygens (including phenoxy) is 2. The van der Waals surface area contributed by atoms with E-state index in [1.807, 2.05) is 24.3 Å². The minimum Gasteiger partial charge on any atom is -0.496 e. The zero-order valence-electron chi connectivity index (χ0n) is 16.0. The number of guanidine groups is 1. The van der Waals surface area contributed by atoms with Crippen molar-refractivity contribution in [1.29, 1.82) is 0 Å². The number of methoxy groups -OCH3 is 1. The van der Waals surface area contributed by atoms with Crippen molar-refractivity contribution in [2.75, 3.05) is 40.9 Å². The summed E-state index contributed by atoms with van der Waals surface area (Å²) in [6.45, 7) is 2.14. The lowest BCUT2D eigenvalue weighted by molar-refractivity contribution is -0.127. The first kappa shape index (κ1) is 20.0. The molecule has 1 aliphatic rings. The van der Waals surface area contributed by atoms with E-state index >= 15 is 0 Å². The molecule has 1 aliphatic heterocycles. The summed E-state index contributed by atoms with van der Waals surface area (Å²) < 4.78 is 11.1. The highest BCUT2D eigenvalue weighted by Crippen LogP contribution is 2.18. The van der Waals surface area contributed by atoms with Gasteiger partial charge in [0.05, 0.1) is 26.3 Å². The van der Waals surface area contributed by atoms with Gasteiger partial charge < -0.3 is 25.0 Å². The molecule has 1 heterocycles. The number of nitrogens with zero attached hydrogens (tertiary/aromatic N) is 2. The van der Waals surface area contributed by atoms with Gasteiger partial charge in [-0.1, -0.05) is 18.2 Å². The Bertz CT molecular complexity index is 598. The van der Waals surface area contributed by atoms with Crippen LogP contribution in [0.25, 0.3) is 0 Å². The summed E-state index contributed by atoms with van der Waals surface area (Å²) in [7, 11) is 5.12. The summed E-state index contributed by atoms with van der Waals surface area (Å²) in [6.07, 6.45) is 3.54. The van der Waals surface area contributed by atoms with E-state index < -0.39 is 0 Å². The van der Waals surface area contributed by atoms with Crippen LogP contribution in [-0.4, -0.2) is 63.8 Å². The topological polar surface area (TPSA) is 75.2 Å². The molecule has 1 saturated heterocycles. The summed E-state index contributed by atoms with van der Waals surface area (Å²) in [6, 6.07) is 7.78. The number of likely N-dealkylation sites (N-methyl/N-ethyl adjacent to an activating group) is 1. The normalized spacial score (nSPS) is 17.5. The van der Waals surface area contributed by atoms with E-state index in [2.05, 4.69) is 15.6 Å². The molecule has 144 valence electrons. The quantitative estimate of drug-likeness (QED) is 0.566. The van der Waals surface area contributed by atoms with Crippen molar-refractivity contribution in [3.63, 3.8) is 0 Å². The van der Waals surface area contributed by atoms with Crippen LogP contribution in [0.5, 0.6) is 5.75 Å². The molecule has 0 radical (unpaired) electrons. The molecule has 1 aromatic carbocycles. The van der Waals surface area contributed by atoms with Crippen molar-refractivity contribution in [3.8, 4) is 5.75 Å². The highest BCUT2D eigenvalue weighted by Gasteiger charge is 2.14. The Morgan fingerprint density at radius 2 is 2.12 bits per heavy atom. The predicted molar refractivity (Wildman–Crippen MR) is 102 cm³/mol. The number of hydrogen-bond acceptors (Lipinski definition) is 4. The first-order chi connectivity index (χ1) is 12.6. The van der Waals surface area contributed by atoms with Crippen molar-refractivity contribution in [2.45, 2.75) is 31.9 Å². The Labute approximate surface area is 155 Å². The molecule has 0 spiro atoms. The van der Waals surface area contributed by atoms with E-state index in [-0.39, 0.29) is 18.6 Å². The molecule has 1 atom stereocenters. The highest BCUT2D eigenvalue weighted by molar-refractivity contribution is 5.86. The average Bonchev–Trinajstić information content (AvgIpc) is 2.68. The fourth-order valence-electron chi connectivity index (χ4n) is 2.67. The maximum absolute atomic E-state index is 11.9. The number of rotatable bonds is 7. The van der Waals surface area contributed by atoms with E-state index in [0.29, 0.717) is 19.0 Å². The zero-order chi connectivity index (χ0) is 18.8. The third-order valence-electron chi connectivity index (χ3n) is 4.28. The molecule has 0 aliphatic carbocycles. The summed E-state index contributed by atoms with van der Waals surface area (Å²) >= 11 is 0. The Morgan fingerprint density at radius 1 is 1.31 bits per heavy atom. The van der Waals surface area contributed by atoms with Gasteiger partial charge >= 0.3 is 0 Å². The van der Waals surface area contributed by atoms with E-state index in [4.69, 9.17) is 9.47 Å². The lowest BCUT2D eigenvalue weighted by Crippen LogP contribution is -2.45. The summed E-state index contributed by atoms with van der Waals surface area (Å²) in [5.74, 6) is 1.39. The van der Waals surface area contributed by atoms with Crippen LogP contribution in [0.4, 0.5) is 0 Å². The van der Waals surface area contributed by atoms with Gasteiger partial charge in [0, 0.05) is 32.8 Å². The van der Waals surface area contributed by atoms with Crippen molar-refractivity contribution in [2.24, 2.45) is 4.99 Å². The Kier molecular flexibility index (Phi) is 8.21. The van der Waals surface area contributed by atoms with Crippen LogP contribution in [0.3, 0.4) is 0 Å². The number of hydrogen-bond donors (Lipinski definition) is 2. The number of amides is 1. The molecule has 1 fully saturated rings. The molecule has 2 rings (SSSR count). The number of para-hydroxylation sites is 1. The number of nitrogens with one attached hydrogen (secondary N) is 2. The van der Waals surface area contributed by atoms with Crippen LogP contribution in [0.2, 0.25) is 0 Å². The molecule has 0 saturated carbocycles. The predicted octanol–water partition coefficient (Wildman–Crippen LogP) is 1.39. The van der Waals surface area contributed by atoms with Crippen molar-refractivity contribution >= 4 is 11.9 Å². The number of aliphatic imine (C=N–C) groups is 1. The standard InChI is InChI=1S/C19H30N4O3/c1-23(2)18(24)14-22-19(21-13-16-9-6-7-11-26-16)20-12-15-8-4-5-10-17(15)25-3/h4-5,8,10,16H,6-7,9,11-14H2,1-3H3,(H2,20,21,22). The Hall–Kier alpha value is -2.28. The van der Waals surface area contributed by atoms with E-state index in [9.17, 15) is 4.79 Å². The SMILES string of the molecule is COc1ccccc1CN=C(NCC(=O)N(C)C)NCC1CCCCO1. The molecular weight excluding hydrogens is 332 g/mol. The molecule has 1 aromatic rings. The van der Waals surface area contributed by atoms with E-state index in [1.54, 1.807) is 26.1 Å². The third-order valence-corrected chi connectivity index (χ3v) is 4.28. The van der Waals surface area contributed by atoms with Crippen LogP contribution in [-0.2, 0) is 16.1 Å². The van der Waals surface area contributed by atoms with Crippen LogP contribution >= 0.6 is 0 Å². The maximum atomic E-state index is 11.9. The van der Waals surface area contributed by atoms with Crippen LogP contribution in [0.15, 0.2) is 29.3 Å². The smallest absolute Gasteiger partial charge is 0.241 e. The molecular formula is C19H30N4O3. The van der Waals surface area contributed by atoms with Gasteiger partial charge in [0.2, 0.25) is 5.91 Å². The van der Waals surface area contributed by atoms with Crippen LogP contribution in [0, 0.1) is 0 Å². The lowest BCUT2D eigenvalue weighted by Gasteiger charge is -2.24. The molecule has 2 N–H and O–H groups in total. The van der Waals surface area contributed by atoms with E-state index in [0.717, 1.165) is 30.8 Å². The second-order valence-corrected chi connectivity index (χ2v) is 6.49. The van der Waals surface area contributed by atoms with Gasteiger partial charge in [-0.15, -0.1) is 0 Å². The van der Waals surface area contributed by atoms with Gasteiger partial charge in [-0.2, -0.15) is 0 Å². The van der Waals surface area contributed by atoms with Gasteiger partial charge in [0.1, 0.15) is 5.75 Å². The van der Waals surface area contributed by atoms with Gasteiger partial charge in [-0.3, -0.25) is 4.79 Å². The molecule has 1 amide bonds. The minimum absolute atomic E-state index is 0.00860. The van der Waals surface area contributed by atoms with Crippen LogP contribution < -0.4 is 15.4 Å². The van der Waals surface area contributed by atoms with Crippen LogP contribution in [0.1, 0.15) is 24.8 Å². The molecule has 0 bridgehead atoms. The second-order valence-electron chi connectivity index (χ2n) is 6.49. The lowest BCUT2D eigenvalue weighted by atomic mass is 10.1. The fraction of sp³-hybridized carbons (Fsp3) is 0.579. The van der Waals surface area contributed by atoms with Gasteiger partial charge in [-0.25, -0.2) is 4.99 Å². The number of carbonyl (C=O) groups excluding carboxylic acids is 1. The third kappa shape index (κ3) is 6.55. The Morgan fingerprint density at radius 3 is 2.81 bits per heavy atom. The summed E-state index contributed by atoms with van der Waals surface area (Å²) in [4.78, 5) is 18.0. The first-order valence-corrected chi connectivity index (χ1v) is 9.06. The molecule has 1 unspecified atom stereocenters. The largest absolute Gasteiger partial charge is 0.496 e. The molecule has 7 heteroatoms. The van der Waals surface area contributed by atoms with Gasteiger partial charge in [0.25, 0.3) is 0 Å². The van der Waals surface area contributed by atoms with Crippen molar-refractivity contribution in [1.82, 2.24) is 15.5 Å². The molecule has 7 nitrogen and oxygen atoms in total. The molecule has 0 aromatic heterocycles. The second kappa shape index (κ2) is 10.7. The van der Waals surface area contributed by atoms with Crippen molar-refractivity contribution < 1.29 is 14.3 Å². The zero-order valence-corrected chi connectivity index (χ0v) is 16.0. The number of benzene rings is 1. The monoisotopic (exact) mass is 362 g/mol. The maximum Gasteiger partial charge on any atom is 0.241 e. The first-order valence-electron chi connectivity index (χ1n) is 9.06. The summed E-state index contributed by atoms with van der Waals surface area (Å²) in [5.41, 5.74) is 0.990. The Balaban J connectivity index is 1.98. The van der Waals surface area contributed by atoms with Crippen molar-refractivity contribution in [3.05, 3.63) is 29.8 Å². The minimum atomic E-state index is -0.00860. The average molecular weight is 362 g/mol. The van der Waals surface area contributed by atoms with E-state index in [1.165, 1.54) is 6.42 Å². The number of carbonyl (C=O) groups is 1. The van der Waals surface area contributed by atoms with Gasteiger partial charge in [0.15, 0.2) is 5.96 Å².